The zero-order valence-corrected chi connectivity index (χ0v) is 45.3. The van der Waals surface area contributed by atoms with Crippen LogP contribution in [-0.2, 0) is 37.8 Å². The number of aromatic nitrogens is 6. The number of β-amino-alcohol motifs (C(OH)–C–C–N with tert-alkyl or cyclic N) is 1. The number of ether oxygens (including phenoxy) is 1. The Bertz CT molecular complexity index is 3020. The van der Waals surface area contributed by atoms with E-state index in [9.17, 15) is 29.4 Å². The molecular formula is C56H72N12O7S. The number of amides is 3. The lowest BCUT2D eigenvalue weighted by atomic mass is 9.85. The Morgan fingerprint density at radius 2 is 1.67 bits per heavy atom. The fourth-order valence-corrected chi connectivity index (χ4v) is 10.5. The van der Waals surface area contributed by atoms with Crippen LogP contribution in [-0.4, -0.2) is 138 Å². The van der Waals surface area contributed by atoms with Gasteiger partial charge in [-0.3, -0.25) is 24.1 Å². The molecule has 5 N–H and O–H groups in total. The number of allylic oxidation sites excluding steroid dienone is 1. The van der Waals surface area contributed by atoms with Crippen LogP contribution in [0.3, 0.4) is 0 Å². The van der Waals surface area contributed by atoms with Gasteiger partial charge in [0.25, 0.3) is 5.56 Å². The lowest BCUT2D eigenvalue weighted by Gasteiger charge is -2.36. The predicted molar refractivity (Wildman–Crippen MR) is 296 cm³/mol. The number of hydrogen-bond donors (Lipinski definition) is 5. The highest BCUT2D eigenvalue weighted by molar-refractivity contribution is 7.13. The summed E-state index contributed by atoms with van der Waals surface area (Å²) < 4.78 is 8.89. The summed E-state index contributed by atoms with van der Waals surface area (Å²) >= 11 is 1.58. The van der Waals surface area contributed by atoms with E-state index in [0.29, 0.717) is 35.1 Å². The molecule has 0 radical (unpaired) electrons. The zero-order chi connectivity index (χ0) is 54.1. The summed E-state index contributed by atoms with van der Waals surface area (Å²) in [5.74, 6) is -0.410. The first-order chi connectivity index (χ1) is 36.4. The van der Waals surface area contributed by atoms with E-state index in [1.807, 2.05) is 69.6 Å². The fourth-order valence-electron chi connectivity index (χ4n) is 9.65. The van der Waals surface area contributed by atoms with Crippen LogP contribution in [0.15, 0.2) is 95.9 Å². The van der Waals surface area contributed by atoms with Crippen LogP contribution in [0, 0.1) is 12.3 Å². The van der Waals surface area contributed by atoms with Crippen LogP contribution < -0.4 is 26.4 Å². The zero-order valence-electron chi connectivity index (χ0n) is 44.5. The Morgan fingerprint density at radius 1 is 0.934 bits per heavy atom. The SMILES string of the molecule is C=CCn1c(=O)c2cnc(Nc3ccc(N4CCN(CCCCCCOCC(=O)N[C@H](C(=O)N5CC(O)CC5C(=O)NCc5ccc(-c6scnc6C)cc5)C(C)(C)C)CC4)cc3)nc2n1-c1cccc(C(C)(C)O)n1. The quantitative estimate of drug-likeness (QED) is 0.0384. The van der Waals surface area contributed by atoms with Crippen molar-refractivity contribution in [2.45, 2.75) is 111 Å². The van der Waals surface area contributed by atoms with E-state index in [1.54, 1.807) is 54.1 Å². The number of nitrogens with one attached hydrogen (secondary N) is 3. The standard InChI is InChI=1S/C56H72N12O7S/c1-8-24-67-52(72)43-33-58-54(63-50(43)68(67)46-15-13-14-45(61-46)56(6,7)74)60-40-20-22-41(23-21-40)65-28-26-64(27-29-65)25-11-9-10-12-30-75-35-47(70)62-49(55(3,4)5)53(73)66-34-42(69)31-44(66)51(71)57-32-38-16-18-39(19-17-38)48-37(2)59-36-76-48/h8,13-23,33,36,42,44,49,69,74H,1,9-12,24-32,34-35H2,2-7H3,(H,57,71)(H,62,70)(H,58,60,63)/t42?,44?,49-/m1/s1. The van der Waals surface area contributed by atoms with E-state index >= 15 is 0 Å². The van der Waals surface area contributed by atoms with E-state index in [-0.39, 0.29) is 44.1 Å². The maximum atomic E-state index is 14.0. The number of fused-ring (bicyclic) bond motifs is 1. The first-order valence-electron chi connectivity index (χ1n) is 26.1. The average Bonchev–Trinajstić information content (AvgIpc) is 4.18. The van der Waals surface area contributed by atoms with Crippen molar-refractivity contribution < 1.29 is 29.3 Å². The van der Waals surface area contributed by atoms with Crippen molar-refractivity contribution in [3.63, 3.8) is 0 Å². The molecule has 2 aromatic carbocycles. The Kier molecular flexibility index (Phi) is 17.8. The molecule has 6 heterocycles. The number of piperazine rings is 1. The number of unbranched alkanes of at least 4 members (excludes halogenated alkanes) is 3. The minimum Gasteiger partial charge on any atom is -0.391 e. The van der Waals surface area contributed by atoms with Gasteiger partial charge >= 0.3 is 0 Å². The van der Waals surface area contributed by atoms with Crippen molar-refractivity contribution in [2.24, 2.45) is 5.41 Å². The molecule has 6 aromatic rings. The van der Waals surface area contributed by atoms with Gasteiger partial charge in [-0.25, -0.2) is 24.3 Å². The molecular weight excluding hydrogens is 985 g/mol. The molecule has 0 bridgehead atoms. The van der Waals surface area contributed by atoms with Crippen molar-refractivity contribution in [2.75, 3.05) is 62.7 Å². The minimum atomic E-state index is -1.18. The maximum Gasteiger partial charge on any atom is 0.278 e. The van der Waals surface area contributed by atoms with Crippen molar-refractivity contribution >= 4 is 57.4 Å². The number of anilines is 3. The van der Waals surface area contributed by atoms with Gasteiger partial charge in [0.1, 0.15) is 29.7 Å². The lowest BCUT2D eigenvalue weighted by Crippen LogP contribution is -2.58. The van der Waals surface area contributed by atoms with E-state index in [2.05, 4.69) is 59.4 Å². The molecule has 404 valence electrons. The molecule has 0 spiro atoms. The Hall–Kier alpha value is -6.84. The largest absolute Gasteiger partial charge is 0.391 e. The molecule has 2 saturated heterocycles. The van der Waals surface area contributed by atoms with Crippen LogP contribution in [0.2, 0.25) is 0 Å². The first kappa shape index (κ1) is 55.4. The molecule has 2 unspecified atom stereocenters. The highest BCUT2D eigenvalue weighted by atomic mass is 32.1. The average molecular weight is 1060 g/mol. The number of carbonyl (C=O) groups is 3. The number of benzene rings is 2. The monoisotopic (exact) mass is 1060 g/mol. The van der Waals surface area contributed by atoms with Crippen LogP contribution >= 0.6 is 11.3 Å². The Labute approximate surface area is 448 Å². The van der Waals surface area contributed by atoms with Crippen molar-refractivity contribution in [1.82, 2.24) is 49.7 Å². The number of rotatable bonds is 22. The topological polar surface area (TPSA) is 225 Å². The van der Waals surface area contributed by atoms with Crippen LogP contribution in [0.5, 0.6) is 0 Å². The second kappa shape index (κ2) is 24.4. The number of pyridine rings is 1. The third kappa shape index (κ3) is 13.6. The maximum absolute atomic E-state index is 14.0. The van der Waals surface area contributed by atoms with Crippen molar-refractivity contribution in [1.29, 1.82) is 0 Å². The van der Waals surface area contributed by atoms with E-state index in [4.69, 9.17) is 9.72 Å². The fraction of sp³-hybridized carbons (Fsp3) is 0.464. The van der Waals surface area contributed by atoms with Gasteiger partial charge in [-0.1, -0.05) is 70.0 Å². The van der Waals surface area contributed by atoms with E-state index < -0.39 is 41.0 Å². The molecule has 3 amide bonds. The molecule has 0 aliphatic carbocycles. The predicted octanol–water partition coefficient (Wildman–Crippen LogP) is 6.07. The summed E-state index contributed by atoms with van der Waals surface area (Å²) in [6.07, 6.45) is 6.30. The van der Waals surface area contributed by atoms with E-state index in [0.717, 1.165) is 91.5 Å². The lowest BCUT2D eigenvalue weighted by molar-refractivity contribution is -0.144. The Balaban J connectivity index is 0.726. The van der Waals surface area contributed by atoms with Crippen molar-refractivity contribution in [3.05, 3.63) is 118 Å². The number of thiazole rings is 1. The number of aryl methyl sites for hydroxylation is 1. The molecule has 19 nitrogen and oxygen atoms in total. The summed E-state index contributed by atoms with van der Waals surface area (Å²) in [6.45, 7) is 20.2. The molecule has 0 saturated carbocycles. The number of aliphatic hydroxyl groups is 2. The van der Waals surface area contributed by atoms with Gasteiger partial charge < -0.3 is 40.7 Å². The van der Waals surface area contributed by atoms with E-state index in [1.165, 1.54) is 15.8 Å². The van der Waals surface area contributed by atoms with Crippen LogP contribution in [0.1, 0.15) is 83.7 Å². The van der Waals surface area contributed by atoms with Crippen LogP contribution in [0.25, 0.3) is 27.3 Å². The summed E-state index contributed by atoms with van der Waals surface area (Å²) in [5, 5.41) is 30.7. The van der Waals surface area contributed by atoms with Gasteiger partial charge in [0.05, 0.1) is 34.4 Å². The van der Waals surface area contributed by atoms with Gasteiger partial charge in [-0.15, -0.1) is 17.9 Å². The number of hydrogen-bond acceptors (Lipinski definition) is 15. The third-order valence-electron chi connectivity index (χ3n) is 13.9. The van der Waals surface area contributed by atoms with Gasteiger partial charge in [-0.05, 0) is 93.1 Å². The van der Waals surface area contributed by atoms with Crippen LogP contribution in [0.4, 0.5) is 17.3 Å². The summed E-state index contributed by atoms with van der Waals surface area (Å²) in [4.78, 5) is 79.7. The molecule has 76 heavy (non-hydrogen) atoms. The molecule has 2 aliphatic heterocycles. The third-order valence-corrected chi connectivity index (χ3v) is 14.9. The normalized spacial score (nSPS) is 16.7. The second-order valence-electron chi connectivity index (χ2n) is 21.3. The molecule has 4 aromatic heterocycles. The second-order valence-corrected chi connectivity index (χ2v) is 22.1. The summed E-state index contributed by atoms with van der Waals surface area (Å²) in [6, 6.07) is 19.6. The highest BCUT2D eigenvalue weighted by Crippen LogP contribution is 2.29. The number of aliphatic hydroxyl groups excluding tert-OH is 1. The number of likely N-dealkylation sites (tertiary alicyclic amines) is 1. The smallest absolute Gasteiger partial charge is 0.278 e. The van der Waals surface area contributed by atoms with Gasteiger partial charge in [0.15, 0.2) is 11.5 Å². The van der Waals surface area contributed by atoms with Gasteiger partial charge in [0, 0.05) is 69.9 Å². The minimum absolute atomic E-state index is 0.00376. The first-order valence-corrected chi connectivity index (χ1v) is 27.0. The highest BCUT2D eigenvalue weighted by Gasteiger charge is 2.44. The molecule has 2 aliphatic rings. The summed E-state index contributed by atoms with van der Waals surface area (Å²) in [5.41, 5.74) is 5.38. The number of nitrogens with zero attached hydrogens (tertiary/aromatic N) is 9. The molecule has 20 heteroatoms. The van der Waals surface area contributed by atoms with Gasteiger partial charge in [0.2, 0.25) is 23.7 Å². The van der Waals surface area contributed by atoms with Crippen molar-refractivity contribution in [3.8, 4) is 16.3 Å². The molecule has 2 fully saturated rings. The van der Waals surface area contributed by atoms with Gasteiger partial charge in [-0.2, -0.15) is 4.98 Å². The Morgan fingerprint density at radius 3 is 2.36 bits per heavy atom. The summed E-state index contributed by atoms with van der Waals surface area (Å²) in [7, 11) is 0. The number of carbonyl (C=O) groups excluding carboxylic acids is 3. The molecule has 8 rings (SSSR count). The molecule has 3 atom stereocenters.